The van der Waals surface area contributed by atoms with Crippen molar-refractivity contribution in [3.63, 3.8) is 0 Å². The van der Waals surface area contributed by atoms with Crippen molar-refractivity contribution >= 4 is 22.1 Å². The maximum atomic E-state index is 11.7. The molecule has 90 valence electrons. The highest BCUT2D eigenvalue weighted by Gasteiger charge is 2.32. The standard InChI is InChI=1S/C9H15N3O2S2/c1-2-8-10-11-9(15)12(8)6-7-4-3-5-16(7,13)14/h7H,2-6H2,1H3,(H,11,15). The molecule has 5 nitrogen and oxygen atoms in total. The van der Waals surface area contributed by atoms with Gasteiger partial charge in [-0.15, -0.1) is 0 Å². The molecule has 0 aromatic carbocycles. The first kappa shape index (κ1) is 11.8. The zero-order valence-corrected chi connectivity index (χ0v) is 10.8. The van der Waals surface area contributed by atoms with Gasteiger partial charge in [-0.2, -0.15) is 5.10 Å². The first-order valence-corrected chi connectivity index (χ1v) is 7.52. The SMILES string of the molecule is CCc1n[nH]c(=S)n1CC1CCCS1(=O)=O. The lowest BCUT2D eigenvalue weighted by atomic mass is 10.2. The van der Waals surface area contributed by atoms with E-state index in [0.717, 1.165) is 25.1 Å². The Morgan fingerprint density at radius 1 is 1.62 bits per heavy atom. The average Bonchev–Trinajstić information content (AvgIpc) is 2.73. The van der Waals surface area contributed by atoms with Crippen LogP contribution in [0.1, 0.15) is 25.6 Å². The van der Waals surface area contributed by atoms with Crippen molar-refractivity contribution in [2.24, 2.45) is 0 Å². The number of nitrogens with zero attached hydrogens (tertiary/aromatic N) is 2. The maximum Gasteiger partial charge on any atom is 0.195 e. The molecule has 1 fully saturated rings. The van der Waals surface area contributed by atoms with Crippen molar-refractivity contribution in [3.8, 4) is 0 Å². The van der Waals surface area contributed by atoms with Crippen LogP contribution in [-0.2, 0) is 22.8 Å². The van der Waals surface area contributed by atoms with Gasteiger partial charge in [0.2, 0.25) is 0 Å². The van der Waals surface area contributed by atoms with Crippen LogP contribution in [0.15, 0.2) is 0 Å². The van der Waals surface area contributed by atoms with Crippen molar-refractivity contribution in [1.29, 1.82) is 0 Å². The fraction of sp³-hybridized carbons (Fsp3) is 0.778. The second-order valence-electron chi connectivity index (χ2n) is 4.04. The molecule has 2 heterocycles. The largest absolute Gasteiger partial charge is 0.303 e. The van der Waals surface area contributed by atoms with Crippen molar-refractivity contribution in [2.45, 2.75) is 38.0 Å². The maximum absolute atomic E-state index is 11.7. The Morgan fingerprint density at radius 2 is 2.38 bits per heavy atom. The van der Waals surface area contributed by atoms with Gasteiger partial charge in [0.1, 0.15) is 5.82 Å². The zero-order chi connectivity index (χ0) is 11.8. The van der Waals surface area contributed by atoms with Crippen LogP contribution in [0.4, 0.5) is 0 Å². The summed E-state index contributed by atoms with van der Waals surface area (Å²) < 4.78 is 25.8. The van der Waals surface area contributed by atoms with Crippen molar-refractivity contribution in [2.75, 3.05) is 5.75 Å². The van der Waals surface area contributed by atoms with Gasteiger partial charge in [0.05, 0.1) is 11.0 Å². The van der Waals surface area contributed by atoms with Gasteiger partial charge in [-0.1, -0.05) is 6.92 Å². The molecule has 1 aromatic heterocycles. The topological polar surface area (TPSA) is 67.8 Å². The second-order valence-corrected chi connectivity index (χ2v) is 6.83. The van der Waals surface area contributed by atoms with Crippen LogP contribution >= 0.6 is 12.2 Å². The molecule has 0 saturated carbocycles. The fourth-order valence-electron chi connectivity index (χ4n) is 2.08. The summed E-state index contributed by atoms with van der Waals surface area (Å²) in [5.74, 6) is 1.14. The number of rotatable bonds is 3. The van der Waals surface area contributed by atoms with E-state index in [9.17, 15) is 8.42 Å². The molecule has 1 unspecified atom stereocenters. The molecule has 0 radical (unpaired) electrons. The van der Waals surface area contributed by atoms with E-state index >= 15 is 0 Å². The first-order chi connectivity index (χ1) is 7.54. The molecule has 16 heavy (non-hydrogen) atoms. The minimum atomic E-state index is -2.91. The highest BCUT2D eigenvalue weighted by molar-refractivity contribution is 7.92. The normalized spacial score (nSPS) is 23.7. The van der Waals surface area contributed by atoms with Crippen LogP contribution in [0.25, 0.3) is 0 Å². The van der Waals surface area contributed by atoms with E-state index in [4.69, 9.17) is 12.2 Å². The van der Waals surface area contributed by atoms with Gasteiger partial charge in [0, 0.05) is 13.0 Å². The summed E-state index contributed by atoms with van der Waals surface area (Å²) in [6, 6.07) is 0. The van der Waals surface area contributed by atoms with Crippen molar-refractivity contribution in [3.05, 3.63) is 10.6 Å². The van der Waals surface area contributed by atoms with Gasteiger partial charge >= 0.3 is 0 Å². The molecular weight excluding hydrogens is 246 g/mol. The third-order valence-corrected chi connectivity index (χ3v) is 5.57. The lowest BCUT2D eigenvalue weighted by molar-refractivity contribution is 0.556. The molecular formula is C9H15N3O2S2. The average molecular weight is 261 g/mol. The van der Waals surface area contributed by atoms with Crippen LogP contribution < -0.4 is 0 Å². The highest BCUT2D eigenvalue weighted by atomic mass is 32.2. The molecule has 0 spiro atoms. The number of sulfone groups is 1. The number of aromatic nitrogens is 3. The molecule has 1 N–H and O–H groups in total. The van der Waals surface area contributed by atoms with E-state index in [1.807, 2.05) is 11.5 Å². The zero-order valence-electron chi connectivity index (χ0n) is 9.14. The van der Waals surface area contributed by atoms with Crippen molar-refractivity contribution in [1.82, 2.24) is 14.8 Å². The Labute approximate surface area is 99.8 Å². The predicted octanol–water partition coefficient (Wildman–Crippen LogP) is 1.08. The van der Waals surface area contributed by atoms with E-state index in [1.54, 1.807) is 0 Å². The third-order valence-electron chi connectivity index (χ3n) is 3.00. The van der Waals surface area contributed by atoms with E-state index in [2.05, 4.69) is 10.2 Å². The van der Waals surface area contributed by atoms with E-state index in [-0.39, 0.29) is 5.25 Å². The van der Waals surface area contributed by atoms with E-state index in [0.29, 0.717) is 17.1 Å². The summed E-state index contributed by atoms with van der Waals surface area (Å²) in [4.78, 5) is 0. The summed E-state index contributed by atoms with van der Waals surface area (Å²) in [6.07, 6.45) is 2.25. The molecule has 1 aliphatic heterocycles. The molecule has 0 aliphatic carbocycles. The summed E-state index contributed by atoms with van der Waals surface area (Å²) in [5.41, 5.74) is 0. The molecule has 7 heteroatoms. The van der Waals surface area contributed by atoms with Gasteiger partial charge in [-0.25, -0.2) is 8.42 Å². The Morgan fingerprint density at radius 3 is 2.94 bits per heavy atom. The minimum Gasteiger partial charge on any atom is -0.303 e. The number of H-pyrrole nitrogens is 1. The Kier molecular flexibility index (Phi) is 3.16. The quantitative estimate of drug-likeness (QED) is 0.827. The smallest absolute Gasteiger partial charge is 0.195 e. The number of nitrogens with one attached hydrogen (secondary N) is 1. The molecule has 1 atom stereocenters. The van der Waals surface area contributed by atoms with E-state index < -0.39 is 9.84 Å². The van der Waals surface area contributed by atoms with Gasteiger partial charge in [-0.3, -0.25) is 5.10 Å². The first-order valence-electron chi connectivity index (χ1n) is 5.40. The summed E-state index contributed by atoms with van der Waals surface area (Å²) in [6.45, 7) is 2.42. The molecule has 1 aromatic rings. The predicted molar refractivity (Wildman–Crippen MR) is 63.6 cm³/mol. The van der Waals surface area contributed by atoms with Crippen LogP contribution in [0, 0.1) is 4.77 Å². The monoisotopic (exact) mass is 261 g/mol. The Bertz CT molecular complexity index is 529. The lowest BCUT2D eigenvalue weighted by Crippen LogP contribution is -2.23. The number of aromatic amines is 1. The van der Waals surface area contributed by atoms with E-state index in [1.165, 1.54) is 0 Å². The highest BCUT2D eigenvalue weighted by Crippen LogP contribution is 2.22. The number of hydrogen-bond acceptors (Lipinski definition) is 4. The lowest BCUT2D eigenvalue weighted by Gasteiger charge is -2.11. The number of hydrogen-bond donors (Lipinski definition) is 1. The van der Waals surface area contributed by atoms with Gasteiger partial charge in [0.25, 0.3) is 0 Å². The van der Waals surface area contributed by atoms with Crippen LogP contribution in [0.2, 0.25) is 0 Å². The van der Waals surface area contributed by atoms with Gasteiger partial charge < -0.3 is 4.57 Å². The molecule has 1 aliphatic rings. The summed E-state index contributed by atoms with van der Waals surface area (Å²) in [7, 11) is -2.91. The molecule has 1 saturated heterocycles. The minimum absolute atomic E-state index is 0.290. The second kappa shape index (κ2) is 4.29. The van der Waals surface area contributed by atoms with Crippen LogP contribution in [-0.4, -0.2) is 34.2 Å². The summed E-state index contributed by atoms with van der Waals surface area (Å²) >= 11 is 5.10. The summed E-state index contributed by atoms with van der Waals surface area (Å²) in [5, 5.41) is 6.50. The molecule has 0 bridgehead atoms. The molecule has 0 amide bonds. The van der Waals surface area contributed by atoms with Gasteiger partial charge in [0.15, 0.2) is 14.6 Å². The van der Waals surface area contributed by atoms with Crippen LogP contribution in [0.5, 0.6) is 0 Å². The third kappa shape index (κ3) is 2.06. The molecule has 2 rings (SSSR count). The van der Waals surface area contributed by atoms with Gasteiger partial charge in [-0.05, 0) is 25.1 Å². The van der Waals surface area contributed by atoms with Crippen molar-refractivity contribution < 1.29 is 8.42 Å². The Hall–Kier alpha value is -0.690. The number of aryl methyl sites for hydroxylation is 1. The fourth-order valence-corrected chi connectivity index (χ4v) is 4.11. The van der Waals surface area contributed by atoms with Crippen LogP contribution in [0.3, 0.4) is 0 Å². The Balaban J connectivity index is 2.27.